The zero-order valence-electron chi connectivity index (χ0n) is 19.0. The molecule has 0 fully saturated rings. The normalized spacial score (nSPS) is 12.0. The Bertz CT molecular complexity index is 1600. The van der Waals surface area contributed by atoms with Crippen LogP contribution in [0.3, 0.4) is 0 Å². The molecule has 174 valence electrons. The number of aliphatic hydroxyl groups is 1. The molecule has 2 aromatic carbocycles. The van der Waals surface area contributed by atoms with Gasteiger partial charge in [-0.15, -0.1) is 0 Å². The van der Waals surface area contributed by atoms with Crippen LogP contribution in [-0.4, -0.2) is 40.3 Å². The van der Waals surface area contributed by atoms with Gasteiger partial charge in [-0.1, -0.05) is 17.7 Å². The predicted molar refractivity (Wildman–Crippen MR) is 133 cm³/mol. The van der Waals surface area contributed by atoms with Gasteiger partial charge in [-0.25, -0.2) is 17.4 Å². The molecule has 0 radical (unpaired) electrons. The molecule has 34 heavy (non-hydrogen) atoms. The Morgan fingerprint density at radius 1 is 1.06 bits per heavy atom. The molecule has 0 amide bonds. The van der Waals surface area contributed by atoms with Crippen molar-refractivity contribution in [3.63, 3.8) is 0 Å². The van der Waals surface area contributed by atoms with Crippen LogP contribution in [0.15, 0.2) is 78.0 Å². The Kier molecular flexibility index (Phi) is 5.63. The molecule has 0 saturated heterocycles. The van der Waals surface area contributed by atoms with E-state index in [1.54, 1.807) is 36.5 Å². The summed E-state index contributed by atoms with van der Waals surface area (Å²) in [6.07, 6.45) is 4.06. The van der Waals surface area contributed by atoms with Gasteiger partial charge in [-0.3, -0.25) is 0 Å². The van der Waals surface area contributed by atoms with Crippen molar-refractivity contribution >= 4 is 32.0 Å². The minimum absolute atomic E-state index is 0.0583. The first kappa shape index (κ1) is 22.2. The topological polar surface area (TPSA) is 86.4 Å². The van der Waals surface area contributed by atoms with E-state index in [1.807, 2.05) is 55.1 Å². The molecule has 3 aromatic heterocycles. The van der Waals surface area contributed by atoms with Crippen molar-refractivity contribution in [2.75, 3.05) is 13.2 Å². The molecule has 3 heterocycles. The highest BCUT2D eigenvalue weighted by Crippen LogP contribution is 2.37. The molecule has 0 aliphatic rings. The van der Waals surface area contributed by atoms with Gasteiger partial charge in [-0.2, -0.15) is 0 Å². The van der Waals surface area contributed by atoms with Gasteiger partial charge in [0.05, 0.1) is 17.2 Å². The smallest absolute Gasteiger partial charge is 0.269 e. The van der Waals surface area contributed by atoms with Gasteiger partial charge in [-0.05, 0) is 55.5 Å². The van der Waals surface area contributed by atoms with Crippen LogP contribution in [0.5, 0.6) is 5.75 Å². The molecule has 1 N–H and O–H groups in total. The van der Waals surface area contributed by atoms with Crippen molar-refractivity contribution in [3.05, 3.63) is 78.6 Å². The van der Waals surface area contributed by atoms with Crippen LogP contribution in [0.25, 0.3) is 33.2 Å². The highest BCUT2D eigenvalue weighted by Gasteiger charge is 2.26. The summed E-state index contributed by atoms with van der Waals surface area (Å²) in [6, 6.07) is 18.1. The number of hydrogen-bond donors (Lipinski definition) is 1. The molecule has 0 aliphatic carbocycles. The number of aromatic nitrogens is 3. The highest BCUT2D eigenvalue weighted by atomic mass is 32.2. The molecular formula is C26H25N3O4S. The van der Waals surface area contributed by atoms with Crippen molar-refractivity contribution < 1.29 is 18.3 Å². The zero-order valence-corrected chi connectivity index (χ0v) is 19.8. The van der Waals surface area contributed by atoms with E-state index in [2.05, 4.69) is 4.98 Å². The lowest BCUT2D eigenvalue weighted by Crippen LogP contribution is -2.14. The van der Waals surface area contributed by atoms with E-state index in [0.29, 0.717) is 30.1 Å². The Balaban J connectivity index is 1.75. The lowest BCUT2D eigenvalue weighted by molar-refractivity contribution is 0.234. The van der Waals surface area contributed by atoms with Crippen molar-refractivity contribution in [1.82, 2.24) is 13.5 Å². The molecule has 0 saturated carbocycles. The van der Waals surface area contributed by atoms with Crippen LogP contribution in [-0.2, 0) is 17.1 Å². The van der Waals surface area contributed by atoms with E-state index in [0.717, 1.165) is 27.4 Å². The van der Waals surface area contributed by atoms with Gasteiger partial charge >= 0.3 is 0 Å². The lowest BCUT2D eigenvalue weighted by atomic mass is 10.1. The number of pyridine rings is 1. The summed E-state index contributed by atoms with van der Waals surface area (Å²) in [7, 11) is -1.99. The monoisotopic (exact) mass is 475 g/mol. The number of aliphatic hydroxyl groups excluding tert-OH is 1. The number of hydrogen-bond acceptors (Lipinski definition) is 5. The number of fused-ring (bicyclic) bond motifs is 2. The van der Waals surface area contributed by atoms with E-state index in [-0.39, 0.29) is 11.5 Å². The van der Waals surface area contributed by atoms with E-state index in [4.69, 9.17) is 9.84 Å². The molecule has 0 unspecified atom stereocenters. The van der Waals surface area contributed by atoms with Crippen LogP contribution >= 0.6 is 0 Å². The second-order valence-electron chi connectivity index (χ2n) is 8.29. The van der Waals surface area contributed by atoms with Crippen LogP contribution < -0.4 is 4.74 Å². The van der Waals surface area contributed by atoms with Gasteiger partial charge < -0.3 is 14.4 Å². The third kappa shape index (κ3) is 3.74. The Hall–Kier alpha value is -3.62. The first-order chi connectivity index (χ1) is 16.4. The fourth-order valence-electron chi connectivity index (χ4n) is 4.18. The Labute approximate surface area is 197 Å². The fraction of sp³-hybridized carbons (Fsp3) is 0.192. The minimum atomic E-state index is -3.92. The zero-order chi connectivity index (χ0) is 23.9. The van der Waals surface area contributed by atoms with Gasteiger partial charge in [0.15, 0.2) is 5.65 Å². The van der Waals surface area contributed by atoms with E-state index in [1.165, 1.54) is 3.97 Å². The van der Waals surface area contributed by atoms with Gasteiger partial charge in [0.25, 0.3) is 10.0 Å². The van der Waals surface area contributed by atoms with Crippen molar-refractivity contribution in [3.8, 4) is 17.0 Å². The Morgan fingerprint density at radius 3 is 2.62 bits per heavy atom. The standard InChI is InChI=1S/C26H25N3O4S/c1-18-6-9-21(10-7-18)34(31,32)29-25(15-19-5-3-12-27-26(19)29)23-17-28(2)24-11-8-20(16-22(23)24)33-14-4-13-30/h3,5-12,15-17,30H,4,13-14H2,1-2H3. The molecule has 0 spiro atoms. The summed E-state index contributed by atoms with van der Waals surface area (Å²) in [5, 5.41) is 10.7. The summed E-state index contributed by atoms with van der Waals surface area (Å²) in [5.74, 6) is 0.663. The van der Waals surface area contributed by atoms with Gasteiger partial charge in [0, 0.05) is 54.3 Å². The second kappa shape index (κ2) is 8.62. The fourth-order valence-corrected chi connectivity index (χ4v) is 5.66. The van der Waals surface area contributed by atoms with Crippen molar-refractivity contribution in [2.24, 2.45) is 7.05 Å². The summed E-state index contributed by atoms with van der Waals surface area (Å²) in [5.41, 5.74) is 3.61. The summed E-state index contributed by atoms with van der Waals surface area (Å²) >= 11 is 0. The van der Waals surface area contributed by atoms with Crippen molar-refractivity contribution in [2.45, 2.75) is 18.2 Å². The second-order valence-corrected chi connectivity index (χ2v) is 10.1. The van der Waals surface area contributed by atoms with Gasteiger partial charge in [0.2, 0.25) is 0 Å². The summed E-state index contributed by atoms with van der Waals surface area (Å²) < 4.78 is 36.8. The van der Waals surface area contributed by atoms with Crippen LogP contribution in [0, 0.1) is 6.92 Å². The van der Waals surface area contributed by atoms with E-state index >= 15 is 0 Å². The predicted octanol–water partition coefficient (Wildman–Crippen LogP) is 4.50. The average Bonchev–Trinajstić information content (AvgIpc) is 3.37. The molecular weight excluding hydrogens is 450 g/mol. The molecule has 7 nitrogen and oxygen atoms in total. The third-order valence-corrected chi connectivity index (χ3v) is 7.61. The number of aryl methyl sites for hydroxylation is 2. The summed E-state index contributed by atoms with van der Waals surface area (Å²) in [4.78, 5) is 4.62. The highest BCUT2D eigenvalue weighted by molar-refractivity contribution is 7.90. The quantitative estimate of drug-likeness (QED) is 0.350. The number of rotatable bonds is 7. The van der Waals surface area contributed by atoms with Crippen LogP contribution in [0.2, 0.25) is 0 Å². The Morgan fingerprint density at radius 2 is 1.85 bits per heavy atom. The number of nitrogens with zero attached hydrogens (tertiary/aromatic N) is 3. The molecule has 5 aromatic rings. The van der Waals surface area contributed by atoms with Crippen molar-refractivity contribution in [1.29, 1.82) is 0 Å². The van der Waals surface area contributed by atoms with Gasteiger partial charge in [0.1, 0.15) is 5.75 Å². The molecule has 0 aliphatic heterocycles. The minimum Gasteiger partial charge on any atom is -0.493 e. The number of benzene rings is 2. The maximum atomic E-state index is 13.9. The van der Waals surface area contributed by atoms with Crippen LogP contribution in [0.1, 0.15) is 12.0 Å². The summed E-state index contributed by atoms with van der Waals surface area (Å²) in [6.45, 7) is 2.38. The van der Waals surface area contributed by atoms with Crippen LogP contribution in [0.4, 0.5) is 0 Å². The molecule has 5 rings (SSSR count). The molecule has 0 atom stereocenters. The molecule has 0 bridgehead atoms. The SMILES string of the molecule is Cc1ccc(S(=O)(=O)n2c(-c3cn(C)c4ccc(OCCCO)cc34)cc3cccnc32)cc1. The lowest BCUT2D eigenvalue weighted by Gasteiger charge is -2.12. The maximum Gasteiger partial charge on any atom is 0.269 e. The first-order valence-corrected chi connectivity index (χ1v) is 12.5. The number of ether oxygens (including phenoxy) is 1. The molecule has 8 heteroatoms. The van der Waals surface area contributed by atoms with E-state index < -0.39 is 10.0 Å². The third-order valence-electron chi connectivity index (χ3n) is 5.89. The first-order valence-electron chi connectivity index (χ1n) is 11.0. The van der Waals surface area contributed by atoms with E-state index in [9.17, 15) is 8.42 Å². The maximum absolute atomic E-state index is 13.9. The average molecular weight is 476 g/mol. The largest absolute Gasteiger partial charge is 0.493 e.